The van der Waals surface area contributed by atoms with Gasteiger partial charge in [-0.1, -0.05) is 17.8 Å². The van der Waals surface area contributed by atoms with E-state index in [9.17, 15) is 15.2 Å². The van der Waals surface area contributed by atoms with Crippen LogP contribution in [0.4, 0.5) is 5.69 Å². The second kappa shape index (κ2) is 6.60. The highest BCUT2D eigenvalue weighted by Crippen LogP contribution is 2.38. The number of nitro groups is 1. The molecule has 1 atom stereocenters. The molecule has 0 radical (unpaired) electrons. The van der Waals surface area contributed by atoms with E-state index >= 15 is 0 Å². The third-order valence-corrected chi connectivity index (χ3v) is 4.02. The van der Waals surface area contributed by atoms with Crippen LogP contribution in [0.5, 0.6) is 5.75 Å². The summed E-state index contributed by atoms with van der Waals surface area (Å²) < 4.78 is 5.27. The van der Waals surface area contributed by atoms with Crippen LogP contribution in [0.2, 0.25) is 0 Å². The number of nitro benzene ring substituents is 1. The SMILES string of the molecule is COc1cccc(Sc2ccc([N+](=O)[O-])cc2)c1C(C)O. The number of aliphatic hydroxyl groups excluding tert-OH is 1. The standard InChI is InChI=1S/C15H15NO4S/c1-10(17)15-13(20-2)4-3-5-14(15)21-12-8-6-11(7-9-12)16(18)19/h3-10,17H,1-2H3. The van der Waals surface area contributed by atoms with Gasteiger partial charge in [0.1, 0.15) is 5.75 Å². The van der Waals surface area contributed by atoms with E-state index in [0.717, 1.165) is 9.79 Å². The maximum absolute atomic E-state index is 10.6. The van der Waals surface area contributed by atoms with Crippen molar-refractivity contribution in [1.29, 1.82) is 0 Å². The first kappa shape index (κ1) is 15.3. The van der Waals surface area contributed by atoms with Crippen molar-refractivity contribution in [3.63, 3.8) is 0 Å². The van der Waals surface area contributed by atoms with Crippen LogP contribution in [0, 0.1) is 10.1 Å². The van der Waals surface area contributed by atoms with Crippen LogP contribution in [0.25, 0.3) is 0 Å². The predicted molar refractivity (Wildman–Crippen MR) is 80.8 cm³/mol. The third-order valence-electron chi connectivity index (χ3n) is 2.94. The lowest BCUT2D eigenvalue weighted by Gasteiger charge is -2.15. The second-order valence-corrected chi connectivity index (χ2v) is 5.52. The molecule has 2 rings (SSSR count). The molecule has 0 aliphatic heterocycles. The number of rotatable bonds is 5. The van der Waals surface area contributed by atoms with Crippen molar-refractivity contribution in [3.8, 4) is 5.75 Å². The summed E-state index contributed by atoms with van der Waals surface area (Å²) in [5.74, 6) is 0.622. The lowest BCUT2D eigenvalue weighted by molar-refractivity contribution is -0.384. The zero-order valence-corrected chi connectivity index (χ0v) is 12.5. The Kier molecular flexibility index (Phi) is 4.82. The van der Waals surface area contributed by atoms with Crippen LogP contribution in [-0.2, 0) is 0 Å². The van der Waals surface area contributed by atoms with Crippen molar-refractivity contribution >= 4 is 17.4 Å². The molecule has 0 heterocycles. The Bertz CT molecular complexity index is 641. The Labute approximate surface area is 126 Å². The number of hydrogen-bond acceptors (Lipinski definition) is 5. The van der Waals surface area contributed by atoms with Crippen LogP contribution >= 0.6 is 11.8 Å². The lowest BCUT2D eigenvalue weighted by Crippen LogP contribution is -1.98. The fourth-order valence-electron chi connectivity index (χ4n) is 1.97. The summed E-state index contributed by atoms with van der Waals surface area (Å²) in [6.45, 7) is 1.68. The lowest BCUT2D eigenvalue weighted by atomic mass is 10.1. The Morgan fingerprint density at radius 3 is 2.43 bits per heavy atom. The normalized spacial score (nSPS) is 12.0. The molecule has 0 saturated heterocycles. The quantitative estimate of drug-likeness (QED) is 0.671. The van der Waals surface area contributed by atoms with Crippen LogP contribution in [0.15, 0.2) is 52.3 Å². The molecular formula is C15H15NO4S. The average molecular weight is 305 g/mol. The second-order valence-electron chi connectivity index (χ2n) is 4.40. The summed E-state index contributed by atoms with van der Waals surface area (Å²) in [4.78, 5) is 11.9. The molecule has 0 bridgehead atoms. The van der Waals surface area contributed by atoms with Gasteiger partial charge in [-0.2, -0.15) is 0 Å². The number of ether oxygens (including phenoxy) is 1. The van der Waals surface area contributed by atoms with Gasteiger partial charge in [0.15, 0.2) is 0 Å². The Hall–Kier alpha value is -2.05. The fourth-order valence-corrected chi connectivity index (χ4v) is 3.02. The Morgan fingerprint density at radius 1 is 1.24 bits per heavy atom. The van der Waals surface area contributed by atoms with Gasteiger partial charge in [-0.05, 0) is 31.2 Å². The number of benzene rings is 2. The zero-order chi connectivity index (χ0) is 15.4. The van der Waals surface area contributed by atoms with Crippen molar-refractivity contribution < 1.29 is 14.8 Å². The summed E-state index contributed by atoms with van der Waals surface area (Å²) in [7, 11) is 1.56. The van der Waals surface area contributed by atoms with E-state index in [-0.39, 0.29) is 5.69 Å². The molecule has 1 unspecified atom stereocenters. The summed E-state index contributed by atoms with van der Waals surface area (Å²) >= 11 is 1.43. The molecule has 6 heteroatoms. The van der Waals surface area contributed by atoms with Crippen LogP contribution in [0.1, 0.15) is 18.6 Å². The Balaban J connectivity index is 2.33. The van der Waals surface area contributed by atoms with E-state index in [1.807, 2.05) is 12.1 Å². The van der Waals surface area contributed by atoms with Crippen LogP contribution in [0.3, 0.4) is 0 Å². The first-order chi connectivity index (χ1) is 10.0. The highest BCUT2D eigenvalue weighted by Gasteiger charge is 2.15. The minimum absolute atomic E-state index is 0.0562. The molecule has 21 heavy (non-hydrogen) atoms. The van der Waals surface area contributed by atoms with Gasteiger partial charge in [0, 0.05) is 27.5 Å². The maximum Gasteiger partial charge on any atom is 0.269 e. The van der Waals surface area contributed by atoms with Crippen molar-refractivity contribution in [1.82, 2.24) is 0 Å². The smallest absolute Gasteiger partial charge is 0.269 e. The van der Waals surface area contributed by atoms with E-state index in [2.05, 4.69) is 0 Å². The summed E-state index contributed by atoms with van der Waals surface area (Å²) in [5, 5.41) is 20.6. The highest BCUT2D eigenvalue weighted by molar-refractivity contribution is 7.99. The first-order valence-corrected chi connectivity index (χ1v) is 7.12. The van der Waals surface area contributed by atoms with Gasteiger partial charge in [-0.3, -0.25) is 10.1 Å². The molecule has 2 aromatic carbocycles. The third kappa shape index (κ3) is 3.53. The zero-order valence-electron chi connectivity index (χ0n) is 11.6. The monoisotopic (exact) mass is 305 g/mol. The molecule has 0 amide bonds. The summed E-state index contributed by atoms with van der Waals surface area (Å²) in [6, 6.07) is 11.8. The van der Waals surface area contributed by atoms with Crippen LogP contribution < -0.4 is 4.74 Å². The highest BCUT2D eigenvalue weighted by atomic mass is 32.2. The van der Waals surface area contributed by atoms with Gasteiger partial charge in [0.05, 0.1) is 18.1 Å². The van der Waals surface area contributed by atoms with Crippen molar-refractivity contribution in [2.45, 2.75) is 22.8 Å². The van der Waals surface area contributed by atoms with E-state index in [0.29, 0.717) is 11.3 Å². The van der Waals surface area contributed by atoms with Gasteiger partial charge in [-0.25, -0.2) is 0 Å². The molecule has 0 fully saturated rings. The average Bonchev–Trinajstić information content (AvgIpc) is 2.47. The van der Waals surface area contributed by atoms with Gasteiger partial charge >= 0.3 is 0 Å². The summed E-state index contributed by atoms with van der Waals surface area (Å²) in [6.07, 6.45) is -0.665. The molecule has 0 spiro atoms. The number of aliphatic hydroxyl groups is 1. The molecule has 2 aromatic rings. The van der Waals surface area contributed by atoms with Gasteiger partial charge in [-0.15, -0.1) is 0 Å². The minimum Gasteiger partial charge on any atom is -0.496 e. The van der Waals surface area contributed by atoms with E-state index in [1.54, 1.807) is 32.2 Å². The largest absolute Gasteiger partial charge is 0.496 e. The molecule has 1 N–H and O–H groups in total. The molecule has 5 nitrogen and oxygen atoms in total. The minimum atomic E-state index is -0.665. The first-order valence-electron chi connectivity index (χ1n) is 6.30. The van der Waals surface area contributed by atoms with Gasteiger partial charge < -0.3 is 9.84 Å². The molecule has 0 aromatic heterocycles. The van der Waals surface area contributed by atoms with E-state index in [1.165, 1.54) is 23.9 Å². The number of methoxy groups -OCH3 is 1. The molecular weight excluding hydrogens is 290 g/mol. The molecule has 0 aliphatic rings. The van der Waals surface area contributed by atoms with Crippen molar-refractivity contribution in [3.05, 3.63) is 58.1 Å². The predicted octanol–water partition coefficient (Wildman–Crippen LogP) is 3.81. The molecule has 0 saturated carbocycles. The van der Waals surface area contributed by atoms with E-state index < -0.39 is 11.0 Å². The maximum atomic E-state index is 10.6. The molecule has 110 valence electrons. The number of non-ortho nitro benzene ring substituents is 1. The van der Waals surface area contributed by atoms with Gasteiger partial charge in [0.2, 0.25) is 0 Å². The van der Waals surface area contributed by atoms with E-state index in [4.69, 9.17) is 4.74 Å². The van der Waals surface area contributed by atoms with Crippen molar-refractivity contribution in [2.75, 3.05) is 7.11 Å². The van der Waals surface area contributed by atoms with Crippen LogP contribution in [-0.4, -0.2) is 17.1 Å². The van der Waals surface area contributed by atoms with Crippen molar-refractivity contribution in [2.24, 2.45) is 0 Å². The fraction of sp³-hybridized carbons (Fsp3) is 0.200. The van der Waals surface area contributed by atoms with Gasteiger partial charge in [0.25, 0.3) is 5.69 Å². The number of nitrogens with zero attached hydrogens (tertiary/aromatic N) is 1. The number of hydrogen-bond donors (Lipinski definition) is 1. The summed E-state index contributed by atoms with van der Waals surface area (Å²) in [5.41, 5.74) is 0.768. The Morgan fingerprint density at radius 2 is 1.90 bits per heavy atom. The molecule has 0 aliphatic carbocycles. The topological polar surface area (TPSA) is 72.6 Å².